The molecule has 0 bridgehead atoms. The fourth-order valence-corrected chi connectivity index (χ4v) is 3.62. The summed E-state index contributed by atoms with van der Waals surface area (Å²) in [6.07, 6.45) is 1.90. The van der Waals surface area contributed by atoms with E-state index >= 15 is 0 Å². The van der Waals surface area contributed by atoms with Gasteiger partial charge in [-0.25, -0.2) is 9.97 Å². The molecule has 164 valence electrons. The molecule has 0 unspecified atom stereocenters. The van der Waals surface area contributed by atoms with Gasteiger partial charge in [0.1, 0.15) is 11.6 Å². The molecular weight excluding hydrogens is 414 g/mol. The number of benzene rings is 3. The highest BCUT2D eigenvalue weighted by molar-refractivity contribution is 5.93. The molecule has 33 heavy (non-hydrogen) atoms. The molecule has 1 aliphatic heterocycles. The first-order valence-corrected chi connectivity index (χ1v) is 10.7. The van der Waals surface area contributed by atoms with Crippen molar-refractivity contribution in [3.05, 3.63) is 77.9 Å². The van der Waals surface area contributed by atoms with Gasteiger partial charge in [0.15, 0.2) is 12.4 Å². The minimum atomic E-state index is -0.103. The normalized spacial score (nSPS) is 11.9. The van der Waals surface area contributed by atoms with Crippen LogP contribution in [0, 0.1) is 0 Å². The van der Waals surface area contributed by atoms with Crippen LogP contribution in [-0.4, -0.2) is 47.7 Å². The highest BCUT2D eigenvalue weighted by Crippen LogP contribution is 2.29. The van der Waals surface area contributed by atoms with Crippen molar-refractivity contribution in [2.45, 2.75) is 6.54 Å². The third-order valence-corrected chi connectivity index (χ3v) is 5.46. The number of nitrogens with one attached hydrogen (secondary N) is 1. The van der Waals surface area contributed by atoms with Crippen molar-refractivity contribution in [1.29, 1.82) is 0 Å². The summed E-state index contributed by atoms with van der Waals surface area (Å²) >= 11 is 0. The zero-order valence-electron chi connectivity index (χ0n) is 18.4. The number of para-hydroxylation sites is 1. The number of aromatic nitrogens is 2. The standard InChI is InChI=1S/C26H23N5O2/c1-31(2)24(32)16-33-21-7-5-6-17(13-21)25-29-23-9-4-3-8-22(23)26(30-25)28-20-11-10-18-14-27-15-19(18)12-20/h3-13,15H,14,16H2,1-2H3,(H,28,29,30). The SMILES string of the molecule is CN(C)C(=O)COc1cccc(-c2nc(Nc3ccc4c(c3)C=NC4)c3ccccc3n2)c1. The molecule has 1 amide bonds. The molecule has 3 aromatic carbocycles. The molecule has 0 aliphatic carbocycles. The number of aliphatic imine (C=N–C) groups is 1. The van der Waals surface area contributed by atoms with Gasteiger partial charge in [-0.1, -0.05) is 30.3 Å². The second-order valence-electron chi connectivity index (χ2n) is 8.03. The van der Waals surface area contributed by atoms with E-state index in [1.165, 1.54) is 10.5 Å². The molecule has 1 aromatic heterocycles. The van der Waals surface area contributed by atoms with Gasteiger partial charge in [0.2, 0.25) is 0 Å². The second-order valence-corrected chi connectivity index (χ2v) is 8.03. The van der Waals surface area contributed by atoms with E-state index in [0.717, 1.165) is 40.1 Å². The Bertz CT molecular complexity index is 1380. The van der Waals surface area contributed by atoms with Gasteiger partial charge in [-0.05, 0) is 47.5 Å². The van der Waals surface area contributed by atoms with Crippen LogP contribution in [0.4, 0.5) is 11.5 Å². The van der Waals surface area contributed by atoms with Crippen LogP contribution in [0.2, 0.25) is 0 Å². The highest BCUT2D eigenvalue weighted by atomic mass is 16.5. The molecule has 0 atom stereocenters. The summed E-state index contributed by atoms with van der Waals surface area (Å²) in [7, 11) is 3.40. The topological polar surface area (TPSA) is 79.7 Å². The van der Waals surface area contributed by atoms with Gasteiger partial charge in [0.05, 0.1) is 12.1 Å². The van der Waals surface area contributed by atoms with Crippen molar-refractivity contribution in [3.63, 3.8) is 0 Å². The number of carbonyl (C=O) groups is 1. The number of fused-ring (bicyclic) bond motifs is 2. The third-order valence-electron chi connectivity index (χ3n) is 5.46. The maximum atomic E-state index is 11.9. The smallest absolute Gasteiger partial charge is 0.259 e. The third kappa shape index (κ3) is 4.39. The van der Waals surface area contributed by atoms with Crippen molar-refractivity contribution < 1.29 is 9.53 Å². The first-order chi connectivity index (χ1) is 16.1. The van der Waals surface area contributed by atoms with Crippen molar-refractivity contribution in [1.82, 2.24) is 14.9 Å². The molecule has 0 radical (unpaired) electrons. The van der Waals surface area contributed by atoms with Crippen LogP contribution >= 0.6 is 0 Å². The van der Waals surface area contributed by atoms with Crippen LogP contribution in [0.5, 0.6) is 5.75 Å². The Morgan fingerprint density at radius 2 is 1.91 bits per heavy atom. The highest BCUT2D eigenvalue weighted by Gasteiger charge is 2.13. The van der Waals surface area contributed by atoms with Crippen LogP contribution in [0.15, 0.2) is 71.7 Å². The van der Waals surface area contributed by atoms with Crippen molar-refractivity contribution >= 4 is 34.5 Å². The van der Waals surface area contributed by atoms with Crippen molar-refractivity contribution in [2.75, 3.05) is 26.0 Å². The Kier molecular flexibility index (Phi) is 5.44. The lowest BCUT2D eigenvalue weighted by Gasteiger charge is -2.13. The average Bonchev–Trinajstić information content (AvgIpc) is 3.30. The minimum absolute atomic E-state index is 0.0243. The van der Waals surface area contributed by atoms with Crippen LogP contribution in [0.1, 0.15) is 11.1 Å². The fourth-order valence-electron chi connectivity index (χ4n) is 3.62. The summed E-state index contributed by atoms with van der Waals surface area (Å²) < 4.78 is 5.67. The second kappa shape index (κ2) is 8.70. The zero-order chi connectivity index (χ0) is 22.8. The van der Waals surface area contributed by atoms with Gasteiger partial charge >= 0.3 is 0 Å². The van der Waals surface area contributed by atoms with Crippen LogP contribution < -0.4 is 10.1 Å². The largest absolute Gasteiger partial charge is 0.484 e. The van der Waals surface area contributed by atoms with E-state index in [-0.39, 0.29) is 12.5 Å². The predicted molar refractivity (Wildman–Crippen MR) is 130 cm³/mol. The lowest BCUT2D eigenvalue weighted by Crippen LogP contribution is -2.27. The average molecular weight is 438 g/mol. The molecule has 7 nitrogen and oxygen atoms in total. The molecule has 0 saturated carbocycles. The molecule has 4 aromatic rings. The number of anilines is 2. The Hall–Kier alpha value is -4.26. The van der Waals surface area contributed by atoms with E-state index in [0.29, 0.717) is 11.6 Å². The first-order valence-electron chi connectivity index (χ1n) is 10.7. The fraction of sp³-hybridized carbons (Fsp3) is 0.154. The lowest BCUT2D eigenvalue weighted by molar-refractivity contribution is -0.130. The van der Waals surface area contributed by atoms with E-state index in [4.69, 9.17) is 14.7 Å². The van der Waals surface area contributed by atoms with E-state index in [9.17, 15) is 4.79 Å². The Labute approximate surface area is 191 Å². The summed E-state index contributed by atoms with van der Waals surface area (Å²) in [5.74, 6) is 1.78. The Balaban J connectivity index is 1.49. The maximum Gasteiger partial charge on any atom is 0.259 e. The monoisotopic (exact) mass is 437 g/mol. The molecule has 0 fully saturated rings. The Morgan fingerprint density at radius 1 is 1.03 bits per heavy atom. The number of ether oxygens (including phenoxy) is 1. The number of hydrogen-bond acceptors (Lipinski definition) is 6. The number of nitrogens with zero attached hydrogens (tertiary/aromatic N) is 4. The van der Waals surface area contributed by atoms with Crippen molar-refractivity contribution in [3.8, 4) is 17.1 Å². The minimum Gasteiger partial charge on any atom is -0.484 e. The van der Waals surface area contributed by atoms with E-state index in [1.807, 2.05) is 60.8 Å². The van der Waals surface area contributed by atoms with Crippen LogP contribution in [-0.2, 0) is 11.3 Å². The predicted octanol–water partition coefficient (Wildman–Crippen LogP) is 4.44. The van der Waals surface area contributed by atoms with Gasteiger partial charge in [-0.2, -0.15) is 0 Å². The molecule has 5 rings (SSSR count). The zero-order valence-corrected chi connectivity index (χ0v) is 18.4. The molecule has 7 heteroatoms. The molecule has 2 heterocycles. The van der Waals surface area contributed by atoms with Gasteiger partial charge < -0.3 is 15.0 Å². The van der Waals surface area contributed by atoms with Gasteiger partial charge in [-0.15, -0.1) is 0 Å². The van der Waals surface area contributed by atoms with E-state index in [2.05, 4.69) is 22.4 Å². The van der Waals surface area contributed by atoms with E-state index < -0.39 is 0 Å². The first kappa shape index (κ1) is 20.6. The number of amides is 1. The number of hydrogen-bond donors (Lipinski definition) is 1. The lowest BCUT2D eigenvalue weighted by atomic mass is 10.1. The number of rotatable bonds is 6. The van der Waals surface area contributed by atoms with Crippen molar-refractivity contribution in [2.24, 2.45) is 4.99 Å². The molecular formula is C26H23N5O2. The summed E-state index contributed by atoms with van der Waals surface area (Å²) in [4.78, 5) is 27.3. The van der Waals surface area contributed by atoms with Gasteiger partial charge in [0.25, 0.3) is 5.91 Å². The molecule has 1 aliphatic rings. The molecule has 0 saturated heterocycles. The van der Waals surface area contributed by atoms with Gasteiger partial charge in [0, 0.05) is 36.9 Å². The Morgan fingerprint density at radius 3 is 2.79 bits per heavy atom. The quantitative estimate of drug-likeness (QED) is 0.482. The number of likely N-dealkylation sites (N-methyl/N-ethyl adjacent to an activating group) is 1. The molecule has 1 N–H and O–H groups in total. The summed E-state index contributed by atoms with van der Waals surface area (Å²) in [6.45, 7) is 0.707. The molecule has 0 spiro atoms. The summed E-state index contributed by atoms with van der Waals surface area (Å²) in [5, 5.41) is 4.39. The maximum absolute atomic E-state index is 11.9. The van der Waals surface area contributed by atoms with Gasteiger partial charge in [-0.3, -0.25) is 9.79 Å². The summed E-state index contributed by atoms with van der Waals surface area (Å²) in [6, 6.07) is 21.6. The summed E-state index contributed by atoms with van der Waals surface area (Å²) in [5.41, 5.74) is 4.92. The van der Waals surface area contributed by atoms with E-state index in [1.54, 1.807) is 14.1 Å². The van der Waals surface area contributed by atoms with Crippen LogP contribution in [0.25, 0.3) is 22.3 Å². The van der Waals surface area contributed by atoms with Crippen LogP contribution in [0.3, 0.4) is 0 Å². The number of carbonyl (C=O) groups excluding carboxylic acids is 1.